The van der Waals surface area contributed by atoms with Gasteiger partial charge in [0.2, 0.25) is 0 Å². The molecule has 0 bridgehead atoms. The normalized spacial score (nSPS) is 10.9. The van der Waals surface area contributed by atoms with E-state index >= 15 is 0 Å². The average Bonchev–Trinajstić information content (AvgIpc) is 2.82. The van der Waals surface area contributed by atoms with Gasteiger partial charge in [0, 0.05) is 25.3 Å². The van der Waals surface area contributed by atoms with Crippen LogP contribution >= 0.6 is 12.2 Å². The molecule has 2 aromatic carbocycles. The summed E-state index contributed by atoms with van der Waals surface area (Å²) < 4.78 is 10.7. The zero-order valence-corrected chi connectivity index (χ0v) is 21.1. The van der Waals surface area contributed by atoms with Crippen LogP contribution in [-0.2, 0) is 13.0 Å². The number of pyridine rings is 1. The lowest BCUT2D eigenvalue weighted by Crippen LogP contribution is -2.41. The zero-order valence-electron chi connectivity index (χ0n) is 20.2. The predicted octanol–water partition coefficient (Wildman–Crippen LogP) is 3.46. The van der Waals surface area contributed by atoms with Crippen LogP contribution in [0.2, 0.25) is 0 Å². The fourth-order valence-corrected chi connectivity index (χ4v) is 4.29. The maximum atomic E-state index is 12.8. The van der Waals surface area contributed by atoms with Crippen molar-refractivity contribution in [3.05, 3.63) is 69.0 Å². The predicted molar refractivity (Wildman–Crippen MR) is 140 cm³/mol. The van der Waals surface area contributed by atoms with E-state index in [2.05, 4.69) is 22.4 Å². The number of nitrogens with zero attached hydrogens (tertiary/aromatic N) is 1. The van der Waals surface area contributed by atoms with Crippen LogP contribution < -0.4 is 20.3 Å². The standard InChI is InChI=1S/C26H33N3O4S/c1-17-12-18(2)24-20(13-17)15-21(25(31)28-24)16-29(10-5-11-30)26(34)27-9-8-19-6-7-22(32-3)23(14-19)33-4/h6-7,12-15,30H,5,8-11,16H2,1-4H3,(H,27,34)(H,28,31). The maximum Gasteiger partial charge on any atom is 0.253 e. The number of aromatic amines is 1. The number of hydrogen-bond donors (Lipinski definition) is 3. The number of aliphatic hydroxyl groups excluding tert-OH is 1. The molecule has 1 heterocycles. The fourth-order valence-electron chi connectivity index (χ4n) is 4.03. The van der Waals surface area contributed by atoms with E-state index in [0.29, 0.717) is 48.2 Å². The molecule has 0 spiro atoms. The van der Waals surface area contributed by atoms with Crippen molar-refractivity contribution < 1.29 is 14.6 Å². The van der Waals surface area contributed by atoms with Crippen molar-refractivity contribution in [3.63, 3.8) is 0 Å². The van der Waals surface area contributed by atoms with Gasteiger partial charge in [-0.3, -0.25) is 4.79 Å². The van der Waals surface area contributed by atoms with Crippen LogP contribution in [0.3, 0.4) is 0 Å². The van der Waals surface area contributed by atoms with Gasteiger partial charge in [-0.15, -0.1) is 0 Å². The first-order valence-electron chi connectivity index (χ1n) is 11.3. The molecule has 3 rings (SSSR count). The molecule has 8 heteroatoms. The van der Waals surface area contributed by atoms with Gasteiger partial charge in [0.05, 0.1) is 26.3 Å². The van der Waals surface area contributed by atoms with Crippen LogP contribution in [0.25, 0.3) is 10.9 Å². The molecule has 0 saturated heterocycles. The molecule has 0 fully saturated rings. The van der Waals surface area contributed by atoms with Crippen molar-refractivity contribution >= 4 is 28.2 Å². The first-order chi connectivity index (χ1) is 16.4. The number of H-pyrrole nitrogens is 1. The lowest BCUT2D eigenvalue weighted by Gasteiger charge is -2.26. The largest absolute Gasteiger partial charge is 0.493 e. The van der Waals surface area contributed by atoms with Gasteiger partial charge in [0.25, 0.3) is 5.56 Å². The molecule has 1 aromatic heterocycles. The number of nitrogens with one attached hydrogen (secondary N) is 2. The second-order valence-electron chi connectivity index (χ2n) is 8.34. The molecular formula is C26H33N3O4S. The van der Waals surface area contributed by atoms with E-state index in [1.54, 1.807) is 14.2 Å². The minimum atomic E-state index is -0.124. The monoisotopic (exact) mass is 483 g/mol. The van der Waals surface area contributed by atoms with Crippen molar-refractivity contribution in [2.75, 3.05) is 33.9 Å². The van der Waals surface area contributed by atoms with Crippen molar-refractivity contribution in [2.45, 2.75) is 33.2 Å². The summed E-state index contributed by atoms with van der Waals surface area (Å²) in [6.07, 6.45) is 1.30. The SMILES string of the molecule is COc1ccc(CCNC(=S)N(CCCO)Cc2cc3cc(C)cc(C)c3[nH]c2=O)cc1OC. The number of thiocarbonyl (C=S) groups is 1. The van der Waals surface area contributed by atoms with Gasteiger partial charge in [-0.25, -0.2) is 0 Å². The number of aliphatic hydroxyl groups is 1. The summed E-state index contributed by atoms with van der Waals surface area (Å²) in [6.45, 7) is 5.62. The summed E-state index contributed by atoms with van der Waals surface area (Å²) in [5.41, 5.74) is 4.65. The fraction of sp³-hybridized carbons (Fsp3) is 0.385. The number of aromatic nitrogens is 1. The van der Waals surface area contributed by atoms with Crippen molar-refractivity contribution in [1.82, 2.24) is 15.2 Å². The van der Waals surface area contributed by atoms with Gasteiger partial charge in [-0.1, -0.05) is 17.7 Å². The van der Waals surface area contributed by atoms with Crippen molar-refractivity contribution in [1.29, 1.82) is 0 Å². The first kappa shape index (κ1) is 25.5. The molecule has 34 heavy (non-hydrogen) atoms. The Morgan fingerprint density at radius 1 is 1.12 bits per heavy atom. The van der Waals surface area contributed by atoms with Crippen LogP contribution in [0.15, 0.2) is 41.2 Å². The highest BCUT2D eigenvalue weighted by molar-refractivity contribution is 7.80. The molecule has 0 aliphatic rings. The summed E-state index contributed by atoms with van der Waals surface area (Å²) >= 11 is 5.65. The van der Waals surface area contributed by atoms with Crippen LogP contribution in [0.5, 0.6) is 11.5 Å². The summed E-state index contributed by atoms with van der Waals surface area (Å²) in [7, 11) is 3.23. The average molecular weight is 484 g/mol. The Balaban J connectivity index is 1.71. The number of ether oxygens (including phenoxy) is 2. The smallest absolute Gasteiger partial charge is 0.253 e. The molecule has 0 amide bonds. The zero-order chi connectivity index (χ0) is 24.7. The van der Waals surface area contributed by atoms with Crippen molar-refractivity contribution in [3.8, 4) is 11.5 Å². The molecule has 0 saturated carbocycles. The van der Waals surface area contributed by atoms with Gasteiger partial charge in [-0.2, -0.15) is 0 Å². The highest BCUT2D eigenvalue weighted by atomic mass is 32.1. The molecule has 7 nitrogen and oxygen atoms in total. The number of fused-ring (bicyclic) bond motifs is 1. The Bertz CT molecular complexity index is 1210. The Morgan fingerprint density at radius 2 is 1.88 bits per heavy atom. The lowest BCUT2D eigenvalue weighted by atomic mass is 10.1. The van der Waals surface area contributed by atoms with Crippen LogP contribution in [0, 0.1) is 13.8 Å². The van der Waals surface area contributed by atoms with E-state index in [0.717, 1.165) is 34.0 Å². The minimum absolute atomic E-state index is 0.0528. The molecule has 3 N–H and O–H groups in total. The number of rotatable bonds is 10. The van der Waals surface area contributed by atoms with Gasteiger partial charge in [-0.05, 0) is 79.7 Å². The lowest BCUT2D eigenvalue weighted by molar-refractivity contribution is 0.264. The van der Waals surface area contributed by atoms with Crippen LogP contribution in [0.1, 0.15) is 28.7 Å². The van der Waals surface area contributed by atoms with Gasteiger partial charge in [0.1, 0.15) is 0 Å². The summed E-state index contributed by atoms with van der Waals surface area (Å²) in [4.78, 5) is 17.7. The molecule has 0 radical (unpaired) electrons. The number of benzene rings is 2. The van der Waals surface area contributed by atoms with E-state index in [-0.39, 0.29) is 12.2 Å². The second-order valence-corrected chi connectivity index (χ2v) is 8.73. The van der Waals surface area contributed by atoms with E-state index < -0.39 is 0 Å². The summed E-state index contributed by atoms with van der Waals surface area (Å²) in [5, 5.41) is 14.2. The van der Waals surface area contributed by atoms with Crippen LogP contribution in [-0.4, -0.2) is 54.0 Å². The maximum absolute atomic E-state index is 12.8. The molecule has 0 aliphatic carbocycles. The number of methoxy groups -OCH3 is 2. The minimum Gasteiger partial charge on any atom is -0.493 e. The molecule has 0 aliphatic heterocycles. The van der Waals surface area contributed by atoms with E-state index in [9.17, 15) is 9.90 Å². The Hall–Kier alpha value is -3.10. The molecular weight excluding hydrogens is 450 g/mol. The Kier molecular flexibility index (Phi) is 8.90. The first-order valence-corrected chi connectivity index (χ1v) is 11.7. The topological polar surface area (TPSA) is 86.8 Å². The van der Waals surface area contributed by atoms with Crippen LogP contribution in [0.4, 0.5) is 0 Å². The van der Waals surface area contributed by atoms with E-state index in [1.807, 2.05) is 43.0 Å². The highest BCUT2D eigenvalue weighted by Crippen LogP contribution is 2.27. The Morgan fingerprint density at radius 3 is 2.59 bits per heavy atom. The van der Waals surface area contributed by atoms with E-state index in [1.165, 1.54) is 0 Å². The quantitative estimate of drug-likeness (QED) is 0.381. The van der Waals surface area contributed by atoms with Gasteiger partial charge < -0.3 is 29.8 Å². The third kappa shape index (κ3) is 6.27. The van der Waals surface area contributed by atoms with Crippen molar-refractivity contribution in [2.24, 2.45) is 0 Å². The number of hydrogen-bond acceptors (Lipinski definition) is 5. The third-order valence-electron chi connectivity index (χ3n) is 5.74. The van der Waals surface area contributed by atoms with E-state index in [4.69, 9.17) is 21.7 Å². The molecule has 182 valence electrons. The second kappa shape index (κ2) is 11.9. The highest BCUT2D eigenvalue weighted by Gasteiger charge is 2.14. The molecule has 3 aromatic rings. The Labute approximate surface area is 205 Å². The summed E-state index contributed by atoms with van der Waals surface area (Å²) in [5.74, 6) is 1.38. The van der Waals surface area contributed by atoms with Gasteiger partial charge >= 0.3 is 0 Å². The molecule has 0 atom stereocenters. The molecule has 0 unspecified atom stereocenters. The third-order valence-corrected chi connectivity index (χ3v) is 6.15. The van der Waals surface area contributed by atoms with Gasteiger partial charge in [0.15, 0.2) is 16.6 Å². The number of aryl methyl sites for hydroxylation is 2. The summed E-state index contributed by atoms with van der Waals surface area (Å²) in [6, 6.07) is 11.9.